The molecular weight excluding hydrogens is 234 g/mol. The van der Waals surface area contributed by atoms with Crippen molar-refractivity contribution in [2.75, 3.05) is 0 Å². The summed E-state index contributed by atoms with van der Waals surface area (Å²) in [7, 11) is 0. The van der Waals surface area contributed by atoms with Gasteiger partial charge in [0, 0.05) is 0 Å². The van der Waals surface area contributed by atoms with Gasteiger partial charge in [0.25, 0.3) is 0 Å². The molecule has 1 atom stereocenters. The Kier molecular flexibility index (Phi) is 3.30. The molecule has 19 heavy (non-hydrogen) atoms. The van der Waals surface area contributed by atoms with Crippen molar-refractivity contribution in [1.29, 1.82) is 5.26 Å². The van der Waals surface area contributed by atoms with E-state index in [1.807, 2.05) is 6.92 Å². The summed E-state index contributed by atoms with van der Waals surface area (Å²) in [4.78, 5) is 0. The van der Waals surface area contributed by atoms with E-state index in [1.165, 1.54) is 0 Å². The largest absolute Gasteiger partial charge is 0.388 e. The smallest absolute Gasteiger partial charge is 0.0863 e. The van der Waals surface area contributed by atoms with Crippen LogP contribution < -0.4 is 0 Å². The van der Waals surface area contributed by atoms with Crippen LogP contribution in [-0.2, 0) is 0 Å². The molecule has 1 N–H and O–H groups in total. The second-order valence-electron chi connectivity index (χ2n) is 8.47. The molecule has 2 saturated carbocycles. The summed E-state index contributed by atoms with van der Waals surface area (Å²) in [5, 5.41) is 20.8. The first-order valence-corrected chi connectivity index (χ1v) is 7.72. The molecule has 2 fully saturated rings. The second kappa shape index (κ2) is 4.22. The Morgan fingerprint density at radius 1 is 1.05 bits per heavy atom. The van der Waals surface area contributed by atoms with Crippen LogP contribution in [0.15, 0.2) is 0 Å². The molecule has 2 heteroatoms. The lowest BCUT2D eigenvalue weighted by molar-refractivity contribution is -0.116. The summed E-state index contributed by atoms with van der Waals surface area (Å²) in [6, 6.07) is 2.53. The first-order valence-electron chi connectivity index (χ1n) is 7.72. The molecule has 0 spiro atoms. The quantitative estimate of drug-likeness (QED) is 0.808. The highest BCUT2D eigenvalue weighted by atomic mass is 16.3. The highest BCUT2D eigenvalue weighted by Gasteiger charge is 2.63. The van der Waals surface area contributed by atoms with E-state index in [4.69, 9.17) is 0 Å². The highest BCUT2D eigenvalue weighted by molar-refractivity contribution is 5.20. The van der Waals surface area contributed by atoms with Gasteiger partial charge >= 0.3 is 0 Å². The van der Waals surface area contributed by atoms with Crippen molar-refractivity contribution in [3.8, 4) is 6.07 Å². The lowest BCUT2D eigenvalue weighted by Crippen LogP contribution is -2.53. The number of rotatable bonds is 2. The summed E-state index contributed by atoms with van der Waals surface area (Å²) in [6.07, 6.45) is 5.98. The van der Waals surface area contributed by atoms with E-state index in [0.717, 1.165) is 38.5 Å². The molecule has 0 amide bonds. The maximum absolute atomic E-state index is 11.1. The molecule has 0 aromatic carbocycles. The molecule has 2 nitrogen and oxygen atoms in total. The van der Waals surface area contributed by atoms with Gasteiger partial charge in [-0.15, -0.1) is 0 Å². The van der Waals surface area contributed by atoms with Gasteiger partial charge in [0.2, 0.25) is 0 Å². The predicted molar refractivity (Wildman–Crippen MR) is 77.4 cm³/mol. The fourth-order valence-corrected chi connectivity index (χ4v) is 3.94. The Labute approximate surface area is 118 Å². The molecule has 0 bridgehead atoms. The molecule has 0 aliphatic heterocycles. The minimum Gasteiger partial charge on any atom is -0.388 e. The zero-order chi connectivity index (χ0) is 14.5. The second-order valence-corrected chi connectivity index (χ2v) is 8.47. The van der Waals surface area contributed by atoms with Crippen LogP contribution in [0, 0.1) is 33.5 Å². The summed E-state index contributed by atoms with van der Waals surface area (Å²) >= 11 is 0. The third kappa shape index (κ3) is 2.21. The van der Waals surface area contributed by atoms with Gasteiger partial charge in [-0.2, -0.15) is 5.26 Å². The van der Waals surface area contributed by atoms with Crippen LogP contribution in [0.1, 0.15) is 73.1 Å². The van der Waals surface area contributed by atoms with E-state index >= 15 is 0 Å². The van der Waals surface area contributed by atoms with Gasteiger partial charge < -0.3 is 5.11 Å². The highest BCUT2D eigenvalue weighted by Crippen LogP contribution is 2.63. The number of nitriles is 1. The summed E-state index contributed by atoms with van der Waals surface area (Å²) in [5.74, 6) is 0.678. The van der Waals surface area contributed by atoms with E-state index in [2.05, 4.69) is 33.8 Å². The van der Waals surface area contributed by atoms with Gasteiger partial charge in [-0.1, -0.05) is 27.7 Å². The molecular formula is C17H29NO. The van der Waals surface area contributed by atoms with E-state index in [1.54, 1.807) is 0 Å². The number of hydrogen-bond acceptors (Lipinski definition) is 2. The standard InChI is InChI=1S/C17H29NO/c1-14(2,3)13-6-8-17(12-18,9-7-13)16(5,19)15(4)10-11-15/h13,19H,6-11H2,1-5H3. The van der Waals surface area contributed by atoms with Gasteiger partial charge in [0.1, 0.15) is 0 Å². The van der Waals surface area contributed by atoms with Gasteiger partial charge in [0.15, 0.2) is 0 Å². The van der Waals surface area contributed by atoms with Crippen LogP contribution in [0.2, 0.25) is 0 Å². The predicted octanol–water partition coefficient (Wildman–Crippen LogP) is 4.28. The maximum atomic E-state index is 11.1. The molecule has 0 aromatic rings. The van der Waals surface area contributed by atoms with Gasteiger partial charge in [-0.25, -0.2) is 0 Å². The van der Waals surface area contributed by atoms with Crippen LogP contribution in [0.5, 0.6) is 0 Å². The molecule has 0 radical (unpaired) electrons. The van der Waals surface area contributed by atoms with Crippen molar-refractivity contribution in [1.82, 2.24) is 0 Å². The first-order chi connectivity index (χ1) is 8.58. The minimum atomic E-state index is -0.836. The van der Waals surface area contributed by atoms with Crippen LogP contribution in [0.4, 0.5) is 0 Å². The molecule has 2 aliphatic rings. The number of nitrogens with zero attached hydrogens (tertiary/aromatic N) is 1. The van der Waals surface area contributed by atoms with Crippen molar-refractivity contribution in [3.05, 3.63) is 0 Å². The third-order valence-electron chi connectivity index (χ3n) is 6.39. The normalized spacial score (nSPS) is 37.2. The van der Waals surface area contributed by atoms with E-state index in [0.29, 0.717) is 11.3 Å². The molecule has 108 valence electrons. The maximum Gasteiger partial charge on any atom is 0.0863 e. The van der Waals surface area contributed by atoms with Crippen molar-refractivity contribution < 1.29 is 5.11 Å². The molecule has 0 aromatic heterocycles. The summed E-state index contributed by atoms with van der Waals surface area (Å²) in [5.41, 5.74) is -1.08. The Balaban J connectivity index is 2.18. The average molecular weight is 263 g/mol. The molecule has 0 heterocycles. The fourth-order valence-electron chi connectivity index (χ4n) is 3.94. The topological polar surface area (TPSA) is 44.0 Å². The summed E-state index contributed by atoms with van der Waals surface area (Å²) < 4.78 is 0. The van der Waals surface area contributed by atoms with Crippen molar-refractivity contribution in [3.63, 3.8) is 0 Å². The molecule has 2 rings (SSSR count). The van der Waals surface area contributed by atoms with Gasteiger partial charge in [-0.05, 0) is 62.2 Å². The average Bonchev–Trinajstić information content (AvgIpc) is 3.07. The summed E-state index contributed by atoms with van der Waals surface area (Å²) in [6.45, 7) is 10.9. The monoisotopic (exact) mass is 263 g/mol. The Bertz CT molecular complexity index is 384. The third-order valence-corrected chi connectivity index (χ3v) is 6.39. The van der Waals surface area contributed by atoms with Crippen LogP contribution in [0.3, 0.4) is 0 Å². The van der Waals surface area contributed by atoms with E-state index < -0.39 is 11.0 Å². The van der Waals surface area contributed by atoms with Crippen LogP contribution in [0.25, 0.3) is 0 Å². The Morgan fingerprint density at radius 3 is 1.84 bits per heavy atom. The molecule has 1 unspecified atom stereocenters. The number of hydrogen-bond donors (Lipinski definition) is 1. The zero-order valence-electron chi connectivity index (χ0n) is 13.2. The molecule has 0 saturated heterocycles. The van der Waals surface area contributed by atoms with Crippen LogP contribution in [-0.4, -0.2) is 10.7 Å². The zero-order valence-corrected chi connectivity index (χ0v) is 13.2. The van der Waals surface area contributed by atoms with E-state index in [-0.39, 0.29) is 5.41 Å². The Hall–Kier alpha value is -0.550. The molecule has 2 aliphatic carbocycles. The fraction of sp³-hybridized carbons (Fsp3) is 0.941. The minimum absolute atomic E-state index is 0.0305. The van der Waals surface area contributed by atoms with Crippen molar-refractivity contribution >= 4 is 0 Å². The van der Waals surface area contributed by atoms with Gasteiger partial charge in [-0.3, -0.25) is 0 Å². The lowest BCUT2D eigenvalue weighted by atomic mass is 9.56. The van der Waals surface area contributed by atoms with Crippen molar-refractivity contribution in [2.24, 2.45) is 22.2 Å². The number of aliphatic hydroxyl groups is 1. The van der Waals surface area contributed by atoms with E-state index in [9.17, 15) is 10.4 Å². The first kappa shape index (κ1) is 14.9. The SMILES string of the molecule is CC(C)(C)C1CCC(C#N)(C(C)(O)C2(C)CC2)CC1. The van der Waals surface area contributed by atoms with Crippen molar-refractivity contribution in [2.45, 2.75) is 78.7 Å². The Morgan fingerprint density at radius 2 is 1.53 bits per heavy atom. The van der Waals surface area contributed by atoms with Gasteiger partial charge in [0.05, 0.1) is 17.1 Å². The van der Waals surface area contributed by atoms with Crippen LogP contribution >= 0.6 is 0 Å². The lowest BCUT2D eigenvalue weighted by Gasteiger charge is -2.50.